The molecule has 174 valence electrons. The van der Waals surface area contributed by atoms with Crippen LogP contribution < -0.4 is 0 Å². The Balaban J connectivity index is 2.55. The van der Waals surface area contributed by atoms with Crippen molar-refractivity contribution < 1.29 is 24.0 Å². The Morgan fingerprint density at radius 3 is 2.25 bits per heavy atom. The summed E-state index contributed by atoms with van der Waals surface area (Å²) in [4.78, 5) is 40.7. The first kappa shape index (κ1) is 25.1. The van der Waals surface area contributed by atoms with Crippen LogP contribution in [-0.4, -0.2) is 67.1 Å². The van der Waals surface area contributed by atoms with E-state index in [0.717, 1.165) is 13.1 Å². The quantitative estimate of drug-likeness (QED) is 0.324. The third-order valence-corrected chi connectivity index (χ3v) is 5.94. The van der Waals surface area contributed by atoms with Gasteiger partial charge in [-0.1, -0.05) is 26.0 Å². The van der Waals surface area contributed by atoms with Gasteiger partial charge < -0.3 is 19.3 Å². The topological polar surface area (TPSA) is 102 Å². The second-order valence-electron chi connectivity index (χ2n) is 7.50. The number of hydrogen-bond acceptors (Lipinski definition) is 8. The smallest absolute Gasteiger partial charge is 0.336 e. The fraction of sp³-hybridized carbons (Fsp3) is 0.478. The van der Waals surface area contributed by atoms with Crippen molar-refractivity contribution in [3.8, 4) is 0 Å². The van der Waals surface area contributed by atoms with Gasteiger partial charge in [-0.05, 0) is 32.5 Å². The predicted octanol–water partition coefficient (Wildman–Crippen LogP) is 3.23. The summed E-state index contributed by atoms with van der Waals surface area (Å²) in [5, 5.41) is 11.4. The fourth-order valence-electron chi connectivity index (χ4n) is 3.85. The van der Waals surface area contributed by atoms with Gasteiger partial charge in [0.2, 0.25) is 0 Å². The summed E-state index contributed by atoms with van der Waals surface area (Å²) < 4.78 is 10.6. The van der Waals surface area contributed by atoms with Crippen molar-refractivity contribution in [2.45, 2.75) is 33.6 Å². The molecule has 2 rings (SSSR count). The maximum absolute atomic E-state index is 13.2. The Bertz CT molecular complexity index is 949. The highest BCUT2D eigenvalue weighted by atomic mass is 16.6. The number of benzene rings is 1. The highest BCUT2D eigenvalue weighted by molar-refractivity contribution is 5.99. The molecule has 0 saturated carbocycles. The zero-order chi connectivity index (χ0) is 24.0. The molecule has 0 fully saturated rings. The van der Waals surface area contributed by atoms with E-state index in [1.807, 2.05) is 13.8 Å². The van der Waals surface area contributed by atoms with E-state index in [-0.39, 0.29) is 23.4 Å². The molecule has 0 aliphatic carbocycles. The second kappa shape index (κ2) is 10.9. The zero-order valence-electron chi connectivity index (χ0n) is 19.5. The molecule has 9 nitrogen and oxygen atoms in total. The summed E-state index contributed by atoms with van der Waals surface area (Å²) in [6.45, 7) is 10.0. The number of non-ortho nitro benzene ring substituents is 1. The van der Waals surface area contributed by atoms with Crippen LogP contribution in [0, 0.1) is 10.1 Å². The summed E-state index contributed by atoms with van der Waals surface area (Å²) in [6, 6.07) is 5.94. The van der Waals surface area contributed by atoms with Gasteiger partial charge >= 0.3 is 11.9 Å². The van der Waals surface area contributed by atoms with Gasteiger partial charge in [0.1, 0.15) is 6.61 Å². The van der Waals surface area contributed by atoms with Crippen LogP contribution in [0.1, 0.15) is 39.2 Å². The molecular formula is C23H31N3O6. The van der Waals surface area contributed by atoms with Crippen LogP contribution in [0.3, 0.4) is 0 Å². The molecule has 0 amide bonds. The van der Waals surface area contributed by atoms with E-state index >= 15 is 0 Å². The van der Waals surface area contributed by atoms with Gasteiger partial charge in [0.25, 0.3) is 5.69 Å². The molecular weight excluding hydrogens is 414 g/mol. The van der Waals surface area contributed by atoms with Crippen LogP contribution in [0.25, 0.3) is 0 Å². The molecule has 32 heavy (non-hydrogen) atoms. The standard InChI is InChI=1S/C23H31N3O6/c1-7-25(8-2)12-13-32-23(28)20-16(4)24(5)15(3)19(22(27)31-6)21(20)17-10-9-11-18(14-17)26(29)30/h9-11,14,21H,7-8,12-13H2,1-6H3. The first-order chi connectivity index (χ1) is 15.2. The number of carbonyl (C=O) groups excluding carboxylic acids is 2. The Kier molecular flexibility index (Phi) is 8.54. The Morgan fingerprint density at radius 2 is 1.72 bits per heavy atom. The molecule has 0 saturated heterocycles. The van der Waals surface area contributed by atoms with E-state index in [4.69, 9.17) is 9.47 Å². The first-order valence-corrected chi connectivity index (χ1v) is 10.5. The molecule has 1 aliphatic rings. The van der Waals surface area contributed by atoms with Crippen molar-refractivity contribution in [2.24, 2.45) is 0 Å². The molecule has 1 heterocycles. The van der Waals surface area contributed by atoms with Crippen LogP contribution in [0.5, 0.6) is 0 Å². The molecule has 1 aromatic carbocycles. The number of nitro groups is 1. The Labute approximate surface area is 188 Å². The Hall–Kier alpha value is -3.20. The van der Waals surface area contributed by atoms with Crippen LogP contribution in [-0.2, 0) is 19.1 Å². The Morgan fingerprint density at radius 1 is 1.12 bits per heavy atom. The molecule has 1 aliphatic heterocycles. The number of allylic oxidation sites excluding steroid dienone is 2. The summed E-state index contributed by atoms with van der Waals surface area (Å²) in [5.74, 6) is -2.02. The van der Waals surface area contributed by atoms with E-state index in [1.54, 1.807) is 31.9 Å². The third kappa shape index (κ3) is 5.16. The number of nitro benzene ring substituents is 1. The van der Waals surface area contributed by atoms with Crippen LogP contribution in [0.15, 0.2) is 46.8 Å². The minimum atomic E-state index is -0.848. The highest BCUT2D eigenvalue weighted by Crippen LogP contribution is 2.42. The summed E-state index contributed by atoms with van der Waals surface area (Å²) in [6.07, 6.45) is 0. The first-order valence-electron chi connectivity index (χ1n) is 10.5. The normalized spacial score (nSPS) is 16.5. The highest BCUT2D eigenvalue weighted by Gasteiger charge is 2.40. The van der Waals surface area contributed by atoms with E-state index in [1.165, 1.54) is 25.3 Å². The molecule has 0 bridgehead atoms. The van der Waals surface area contributed by atoms with Crippen molar-refractivity contribution in [3.05, 3.63) is 62.5 Å². The zero-order valence-corrected chi connectivity index (χ0v) is 19.5. The molecule has 0 N–H and O–H groups in total. The number of methoxy groups -OCH3 is 1. The van der Waals surface area contributed by atoms with Gasteiger partial charge in [0.15, 0.2) is 0 Å². The fourth-order valence-corrected chi connectivity index (χ4v) is 3.85. The van der Waals surface area contributed by atoms with Crippen molar-refractivity contribution in [1.29, 1.82) is 0 Å². The monoisotopic (exact) mass is 445 g/mol. The largest absolute Gasteiger partial charge is 0.466 e. The maximum Gasteiger partial charge on any atom is 0.336 e. The SMILES string of the molecule is CCN(CC)CCOC(=O)C1=C(C)N(C)C(C)=C(C(=O)OC)C1c1cccc([N+](=O)[O-])c1. The predicted molar refractivity (Wildman–Crippen MR) is 120 cm³/mol. The molecule has 0 radical (unpaired) electrons. The maximum atomic E-state index is 13.2. The number of likely N-dealkylation sites (N-methyl/N-ethyl adjacent to an activating group) is 1. The van der Waals surface area contributed by atoms with E-state index < -0.39 is 22.8 Å². The molecule has 0 spiro atoms. The minimum Gasteiger partial charge on any atom is -0.466 e. The number of esters is 2. The number of nitrogens with zero attached hydrogens (tertiary/aromatic N) is 3. The lowest BCUT2D eigenvalue weighted by Crippen LogP contribution is -2.34. The van der Waals surface area contributed by atoms with Crippen LogP contribution >= 0.6 is 0 Å². The van der Waals surface area contributed by atoms with Crippen LogP contribution in [0.4, 0.5) is 5.69 Å². The van der Waals surface area contributed by atoms with Gasteiger partial charge in [-0.25, -0.2) is 9.59 Å². The summed E-state index contributed by atoms with van der Waals surface area (Å²) in [5.41, 5.74) is 2.04. The van der Waals surface area contributed by atoms with Crippen molar-refractivity contribution in [2.75, 3.05) is 40.4 Å². The summed E-state index contributed by atoms with van der Waals surface area (Å²) in [7, 11) is 3.01. The molecule has 1 unspecified atom stereocenters. The lowest BCUT2D eigenvalue weighted by atomic mass is 9.79. The van der Waals surface area contributed by atoms with Crippen molar-refractivity contribution in [1.82, 2.24) is 9.80 Å². The minimum absolute atomic E-state index is 0.129. The van der Waals surface area contributed by atoms with E-state index in [9.17, 15) is 19.7 Å². The second-order valence-corrected chi connectivity index (χ2v) is 7.50. The van der Waals surface area contributed by atoms with Gasteiger partial charge in [-0.15, -0.1) is 0 Å². The van der Waals surface area contributed by atoms with Gasteiger partial charge in [-0.2, -0.15) is 0 Å². The molecule has 0 aromatic heterocycles. The van der Waals surface area contributed by atoms with Gasteiger partial charge in [0.05, 0.1) is 29.1 Å². The van der Waals surface area contributed by atoms with Crippen molar-refractivity contribution in [3.63, 3.8) is 0 Å². The average Bonchev–Trinajstić information content (AvgIpc) is 2.79. The number of carbonyl (C=O) groups is 2. The number of ether oxygens (including phenoxy) is 2. The molecule has 1 atom stereocenters. The van der Waals surface area contributed by atoms with Gasteiger partial charge in [0, 0.05) is 37.1 Å². The van der Waals surface area contributed by atoms with Crippen LogP contribution in [0.2, 0.25) is 0 Å². The average molecular weight is 446 g/mol. The molecule has 1 aromatic rings. The van der Waals surface area contributed by atoms with E-state index in [2.05, 4.69) is 4.90 Å². The summed E-state index contributed by atoms with van der Waals surface area (Å²) >= 11 is 0. The number of rotatable bonds is 9. The third-order valence-electron chi connectivity index (χ3n) is 5.94. The van der Waals surface area contributed by atoms with E-state index in [0.29, 0.717) is 23.5 Å². The lowest BCUT2D eigenvalue weighted by molar-refractivity contribution is -0.384. The van der Waals surface area contributed by atoms with Crippen molar-refractivity contribution >= 4 is 17.6 Å². The van der Waals surface area contributed by atoms with Gasteiger partial charge in [-0.3, -0.25) is 10.1 Å². The number of hydrogen-bond donors (Lipinski definition) is 0. The lowest BCUT2D eigenvalue weighted by Gasteiger charge is -2.35. The molecule has 9 heteroatoms.